The number of carbonyl (C=O) groups is 1. The molecule has 190 valence electrons. The largest absolute Gasteiger partial charge is 0.345 e. The molecule has 0 saturated heterocycles. The van der Waals surface area contributed by atoms with Crippen molar-refractivity contribution >= 4 is 22.5 Å². The van der Waals surface area contributed by atoms with Crippen molar-refractivity contribution < 1.29 is 4.79 Å². The fourth-order valence-corrected chi connectivity index (χ4v) is 4.71. The molecule has 0 radical (unpaired) electrons. The Morgan fingerprint density at radius 3 is 2.69 bits per heavy atom. The van der Waals surface area contributed by atoms with Crippen LogP contribution < -0.4 is 5.32 Å². The lowest BCUT2D eigenvalue weighted by atomic mass is 9.97. The lowest BCUT2D eigenvalue weighted by Crippen LogP contribution is -2.27. The van der Waals surface area contributed by atoms with Gasteiger partial charge in [-0.1, -0.05) is 54.3 Å². The number of pyridine rings is 1. The highest BCUT2D eigenvalue weighted by atomic mass is 16.1. The molecule has 0 saturated carbocycles. The highest BCUT2D eigenvalue weighted by molar-refractivity contribution is 6.01. The molecule has 0 aliphatic rings. The van der Waals surface area contributed by atoms with E-state index in [0.29, 0.717) is 16.9 Å². The van der Waals surface area contributed by atoms with Crippen LogP contribution in [0.25, 0.3) is 27.8 Å². The number of hydrogen-bond donors (Lipinski definition) is 1. The van der Waals surface area contributed by atoms with Crippen molar-refractivity contribution in [1.82, 2.24) is 34.7 Å². The number of aromatic nitrogens is 6. The van der Waals surface area contributed by atoms with Gasteiger partial charge in [-0.3, -0.25) is 9.48 Å². The molecule has 4 aromatic heterocycles. The molecule has 2 aromatic carbocycles. The average Bonchev–Trinajstić information content (AvgIpc) is 3.52. The number of fused-ring (bicyclic) bond motifs is 2. The van der Waals surface area contributed by atoms with Gasteiger partial charge in [0.1, 0.15) is 5.56 Å². The van der Waals surface area contributed by atoms with Gasteiger partial charge in [0, 0.05) is 42.2 Å². The normalized spacial score (nSPS) is 11.8. The maximum absolute atomic E-state index is 13.5. The van der Waals surface area contributed by atoms with Crippen LogP contribution in [-0.4, -0.2) is 35.3 Å². The molecular weight excluding hydrogens is 486 g/mol. The first-order valence-corrected chi connectivity index (χ1v) is 12.6. The lowest BCUT2D eigenvalue weighted by molar-refractivity contribution is 0.0941. The monoisotopic (exact) mass is 511 g/mol. The summed E-state index contributed by atoms with van der Waals surface area (Å²) in [6, 6.07) is 19.5. The van der Waals surface area contributed by atoms with E-state index in [1.54, 1.807) is 33.9 Å². The summed E-state index contributed by atoms with van der Waals surface area (Å²) in [6.07, 6.45) is 7.06. The molecule has 0 aliphatic heterocycles. The molecule has 1 N–H and O–H groups in total. The van der Waals surface area contributed by atoms with Gasteiger partial charge in [-0.25, -0.2) is 14.5 Å². The van der Waals surface area contributed by atoms with Crippen molar-refractivity contribution in [3.8, 4) is 23.1 Å². The standard InChI is InChI=1S/C31H25N7O/c1-20(34-31(39)27-21(2)36-38-16-8-15-32-30(27)38)26-17-25-12-7-11-24(14-13-22-18-33-37(3)19-22)28(25)35-29(26)23-9-5-4-6-10-23/h4-12,15-20H,1-3H3,(H,34,39)/t20-/m0/s1. The van der Waals surface area contributed by atoms with E-state index < -0.39 is 0 Å². The Kier molecular flexibility index (Phi) is 6.10. The molecule has 1 atom stereocenters. The molecule has 0 fully saturated rings. The van der Waals surface area contributed by atoms with Crippen LogP contribution in [-0.2, 0) is 7.05 Å². The van der Waals surface area contributed by atoms with Crippen LogP contribution in [0.1, 0.15) is 45.7 Å². The van der Waals surface area contributed by atoms with Crippen LogP contribution >= 0.6 is 0 Å². The number of rotatable bonds is 4. The number of nitrogens with zero attached hydrogens (tertiary/aromatic N) is 6. The number of para-hydroxylation sites is 1. The third-order valence-electron chi connectivity index (χ3n) is 6.58. The molecule has 6 rings (SSSR count). The molecule has 4 heterocycles. The fourth-order valence-electron chi connectivity index (χ4n) is 4.71. The summed E-state index contributed by atoms with van der Waals surface area (Å²) in [5.74, 6) is 6.22. The topological polar surface area (TPSA) is 90.0 Å². The van der Waals surface area contributed by atoms with Gasteiger partial charge >= 0.3 is 0 Å². The molecule has 6 aromatic rings. The van der Waals surface area contributed by atoms with Crippen LogP contribution in [0, 0.1) is 18.8 Å². The second-order valence-electron chi connectivity index (χ2n) is 9.37. The minimum Gasteiger partial charge on any atom is -0.345 e. The molecule has 1 amide bonds. The Hall–Kier alpha value is -5.29. The van der Waals surface area contributed by atoms with Crippen molar-refractivity contribution in [2.24, 2.45) is 7.05 Å². The summed E-state index contributed by atoms with van der Waals surface area (Å²) in [6.45, 7) is 3.78. The van der Waals surface area contributed by atoms with E-state index in [1.807, 2.05) is 75.6 Å². The molecular formula is C31H25N7O. The van der Waals surface area contributed by atoms with Gasteiger partial charge in [0.25, 0.3) is 5.91 Å². The van der Waals surface area contributed by atoms with E-state index in [-0.39, 0.29) is 11.9 Å². The second kappa shape index (κ2) is 9.88. The number of benzene rings is 2. The maximum Gasteiger partial charge on any atom is 0.257 e. The van der Waals surface area contributed by atoms with Gasteiger partial charge in [-0.05, 0) is 32.0 Å². The van der Waals surface area contributed by atoms with Crippen molar-refractivity contribution in [2.75, 3.05) is 0 Å². The van der Waals surface area contributed by atoms with Crippen LogP contribution in [0.3, 0.4) is 0 Å². The Labute approximate surface area is 225 Å². The Bertz CT molecular complexity index is 1910. The van der Waals surface area contributed by atoms with Crippen LogP contribution in [0.5, 0.6) is 0 Å². The maximum atomic E-state index is 13.5. The number of aryl methyl sites for hydroxylation is 2. The van der Waals surface area contributed by atoms with Crippen LogP contribution in [0.4, 0.5) is 0 Å². The number of nitrogens with one attached hydrogen (secondary N) is 1. The first kappa shape index (κ1) is 24.1. The third-order valence-corrected chi connectivity index (χ3v) is 6.58. The summed E-state index contributed by atoms with van der Waals surface area (Å²) in [5.41, 5.74) is 6.73. The average molecular weight is 512 g/mol. The summed E-state index contributed by atoms with van der Waals surface area (Å²) < 4.78 is 3.35. The molecule has 8 heteroatoms. The molecule has 0 unspecified atom stereocenters. The van der Waals surface area contributed by atoms with E-state index in [4.69, 9.17) is 4.98 Å². The summed E-state index contributed by atoms with van der Waals surface area (Å²) in [7, 11) is 1.87. The van der Waals surface area contributed by atoms with E-state index in [9.17, 15) is 4.79 Å². The second-order valence-corrected chi connectivity index (χ2v) is 9.37. The Balaban J connectivity index is 1.43. The van der Waals surface area contributed by atoms with Crippen molar-refractivity contribution in [3.63, 3.8) is 0 Å². The van der Waals surface area contributed by atoms with E-state index >= 15 is 0 Å². The van der Waals surface area contributed by atoms with Crippen LogP contribution in [0.2, 0.25) is 0 Å². The van der Waals surface area contributed by atoms with Gasteiger partial charge in [0.2, 0.25) is 0 Å². The predicted molar refractivity (Wildman–Crippen MR) is 150 cm³/mol. The van der Waals surface area contributed by atoms with E-state index in [2.05, 4.69) is 38.4 Å². The summed E-state index contributed by atoms with van der Waals surface area (Å²) in [4.78, 5) is 22.9. The van der Waals surface area contributed by atoms with Gasteiger partial charge < -0.3 is 5.32 Å². The fraction of sp³-hybridized carbons (Fsp3) is 0.129. The van der Waals surface area contributed by atoms with Crippen molar-refractivity contribution in [3.05, 3.63) is 113 Å². The predicted octanol–water partition coefficient (Wildman–Crippen LogP) is 4.88. The highest BCUT2D eigenvalue weighted by Crippen LogP contribution is 2.31. The van der Waals surface area contributed by atoms with E-state index in [0.717, 1.165) is 38.9 Å². The quantitative estimate of drug-likeness (QED) is 0.341. The van der Waals surface area contributed by atoms with Crippen molar-refractivity contribution in [1.29, 1.82) is 0 Å². The first-order chi connectivity index (χ1) is 19.0. The Morgan fingerprint density at radius 2 is 1.90 bits per heavy atom. The van der Waals surface area contributed by atoms with Crippen molar-refractivity contribution in [2.45, 2.75) is 19.9 Å². The number of amides is 1. The smallest absolute Gasteiger partial charge is 0.257 e. The SMILES string of the molecule is Cc1nn2cccnc2c1C(=O)N[C@@H](C)c1cc2cccc(C#Cc3cnn(C)c3)c2nc1-c1ccccc1. The minimum atomic E-state index is -0.340. The zero-order valence-corrected chi connectivity index (χ0v) is 21.8. The van der Waals surface area contributed by atoms with Gasteiger partial charge in [-0.2, -0.15) is 10.2 Å². The van der Waals surface area contributed by atoms with Crippen LogP contribution in [0.15, 0.2) is 85.5 Å². The van der Waals surface area contributed by atoms with E-state index in [1.165, 1.54) is 0 Å². The Morgan fingerprint density at radius 1 is 1.05 bits per heavy atom. The molecule has 0 aliphatic carbocycles. The molecule has 8 nitrogen and oxygen atoms in total. The zero-order valence-electron chi connectivity index (χ0n) is 21.8. The first-order valence-electron chi connectivity index (χ1n) is 12.6. The minimum absolute atomic E-state index is 0.233. The molecule has 0 bridgehead atoms. The third kappa shape index (κ3) is 4.62. The summed E-state index contributed by atoms with van der Waals surface area (Å²) in [5, 5.41) is 12.7. The lowest BCUT2D eigenvalue weighted by Gasteiger charge is -2.19. The highest BCUT2D eigenvalue weighted by Gasteiger charge is 2.22. The number of hydrogen-bond acceptors (Lipinski definition) is 5. The zero-order chi connectivity index (χ0) is 26.9. The van der Waals surface area contributed by atoms with Gasteiger partial charge in [0.05, 0.1) is 40.3 Å². The summed E-state index contributed by atoms with van der Waals surface area (Å²) >= 11 is 0. The molecule has 39 heavy (non-hydrogen) atoms. The molecule has 0 spiro atoms. The number of carbonyl (C=O) groups excluding carboxylic acids is 1. The van der Waals surface area contributed by atoms with Gasteiger partial charge in [0.15, 0.2) is 5.65 Å². The van der Waals surface area contributed by atoms with Gasteiger partial charge in [-0.15, -0.1) is 0 Å².